The number of H-pyrrole nitrogens is 1. The van der Waals surface area contributed by atoms with Gasteiger partial charge in [0.05, 0.1) is 17.2 Å². The van der Waals surface area contributed by atoms with E-state index >= 15 is 0 Å². The highest BCUT2D eigenvalue weighted by atomic mass is 32.2. The third-order valence-corrected chi connectivity index (χ3v) is 4.54. The zero-order valence-electron chi connectivity index (χ0n) is 11.6. The molecule has 3 rings (SSSR count). The molecule has 1 heterocycles. The van der Waals surface area contributed by atoms with Crippen LogP contribution in [0.2, 0.25) is 0 Å². The van der Waals surface area contributed by atoms with Crippen molar-refractivity contribution in [2.45, 2.75) is 17.6 Å². The average molecular weight is 297 g/mol. The molecule has 4 nitrogen and oxygen atoms in total. The number of hydrogen-bond donors (Lipinski definition) is 2. The standard InChI is InChI=1S/C16H15N3OS/c1-10-4-2-3-5-11(10)8-21-15-7-14-12(6-13(15)17)16(20)19-9-18-14/h2-7,9H,8,17H2,1H3,(H,18,19,20). The summed E-state index contributed by atoms with van der Waals surface area (Å²) in [6, 6.07) is 11.9. The Morgan fingerprint density at radius 3 is 2.90 bits per heavy atom. The molecule has 106 valence electrons. The molecular weight excluding hydrogens is 282 g/mol. The Morgan fingerprint density at radius 1 is 1.29 bits per heavy atom. The van der Waals surface area contributed by atoms with Crippen LogP contribution in [0.4, 0.5) is 5.69 Å². The highest BCUT2D eigenvalue weighted by Gasteiger charge is 2.07. The van der Waals surface area contributed by atoms with Gasteiger partial charge in [-0.3, -0.25) is 4.79 Å². The van der Waals surface area contributed by atoms with Crippen molar-refractivity contribution >= 4 is 28.4 Å². The van der Waals surface area contributed by atoms with Gasteiger partial charge in [0.2, 0.25) is 0 Å². The number of aryl methyl sites for hydroxylation is 1. The normalized spacial score (nSPS) is 10.9. The minimum Gasteiger partial charge on any atom is -0.398 e. The maximum atomic E-state index is 11.7. The lowest BCUT2D eigenvalue weighted by molar-refractivity contribution is 1.17. The van der Waals surface area contributed by atoms with E-state index in [1.54, 1.807) is 17.8 Å². The van der Waals surface area contributed by atoms with Crippen LogP contribution < -0.4 is 11.3 Å². The van der Waals surface area contributed by atoms with Crippen LogP contribution >= 0.6 is 11.8 Å². The summed E-state index contributed by atoms with van der Waals surface area (Å²) in [5, 5.41) is 0.523. The summed E-state index contributed by atoms with van der Waals surface area (Å²) in [6.07, 6.45) is 1.41. The van der Waals surface area contributed by atoms with E-state index in [1.165, 1.54) is 17.5 Å². The number of hydrogen-bond acceptors (Lipinski definition) is 4. The number of nitrogens with zero attached hydrogens (tertiary/aromatic N) is 1. The maximum Gasteiger partial charge on any atom is 0.258 e. The minimum absolute atomic E-state index is 0.165. The molecule has 0 aliphatic carbocycles. The van der Waals surface area contributed by atoms with E-state index in [4.69, 9.17) is 5.73 Å². The van der Waals surface area contributed by atoms with E-state index in [1.807, 2.05) is 18.2 Å². The molecule has 0 aliphatic heterocycles. The summed E-state index contributed by atoms with van der Waals surface area (Å²) >= 11 is 1.66. The first-order chi connectivity index (χ1) is 10.1. The van der Waals surface area contributed by atoms with Gasteiger partial charge in [0.15, 0.2) is 0 Å². The monoisotopic (exact) mass is 297 g/mol. The fraction of sp³-hybridized carbons (Fsp3) is 0.125. The number of thioether (sulfide) groups is 1. The van der Waals surface area contributed by atoms with Gasteiger partial charge in [0, 0.05) is 16.3 Å². The first kappa shape index (κ1) is 13.7. The summed E-state index contributed by atoms with van der Waals surface area (Å²) < 4.78 is 0. The highest BCUT2D eigenvalue weighted by Crippen LogP contribution is 2.31. The maximum absolute atomic E-state index is 11.7. The molecule has 0 atom stereocenters. The fourth-order valence-electron chi connectivity index (χ4n) is 2.17. The second-order valence-electron chi connectivity index (χ2n) is 4.85. The van der Waals surface area contributed by atoms with Crippen molar-refractivity contribution < 1.29 is 0 Å². The first-order valence-electron chi connectivity index (χ1n) is 6.59. The summed E-state index contributed by atoms with van der Waals surface area (Å²) in [5.74, 6) is 0.839. The van der Waals surface area contributed by atoms with Crippen molar-refractivity contribution in [2.24, 2.45) is 0 Å². The molecule has 0 bridgehead atoms. The van der Waals surface area contributed by atoms with Gasteiger partial charge in [0.25, 0.3) is 5.56 Å². The molecule has 21 heavy (non-hydrogen) atoms. The smallest absolute Gasteiger partial charge is 0.258 e. The molecule has 0 aliphatic rings. The number of anilines is 1. The van der Waals surface area contributed by atoms with Crippen molar-refractivity contribution in [1.29, 1.82) is 0 Å². The molecule has 3 aromatic rings. The molecule has 0 spiro atoms. The van der Waals surface area contributed by atoms with Gasteiger partial charge >= 0.3 is 0 Å². The zero-order valence-corrected chi connectivity index (χ0v) is 12.4. The van der Waals surface area contributed by atoms with E-state index in [0.717, 1.165) is 10.6 Å². The van der Waals surface area contributed by atoms with Gasteiger partial charge in [-0.25, -0.2) is 4.98 Å². The molecule has 0 amide bonds. The molecule has 1 aromatic heterocycles. The predicted molar refractivity (Wildman–Crippen MR) is 87.5 cm³/mol. The third kappa shape index (κ3) is 2.78. The Hall–Kier alpha value is -2.27. The molecule has 2 aromatic carbocycles. The van der Waals surface area contributed by atoms with Crippen molar-refractivity contribution in [3.05, 3.63) is 64.2 Å². The SMILES string of the molecule is Cc1ccccc1CSc1cc2nc[nH]c(=O)c2cc1N. The van der Waals surface area contributed by atoms with E-state index in [-0.39, 0.29) is 5.56 Å². The number of fused-ring (bicyclic) bond motifs is 1. The van der Waals surface area contributed by atoms with Gasteiger partial charge in [-0.2, -0.15) is 0 Å². The Kier molecular flexibility index (Phi) is 3.66. The van der Waals surface area contributed by atoms with Crippen LogP contribution in [-0.2, 0) is 5.75 Å². The molecule has 5 heteroatoms. The molecule has 3 N–H and O–H groups in total. The van der Waals surface area contributed by atoms with E-state index in [9.17, 15) is 4.79 Å². The topological polar surface area (TPSA) is 71.8 Å². The van der Waals surface area contributed by atoms with Crippen LogP contribution in [0.25, 0.3) is 10.9 Å². The van der Waals surface area contributed by atoms with Crippen LogP contribution in [0.5, 0.6) is 0 Å². The van der Waals surface area contributed by atoms with Crippen molar-refractivity contribution in [3.63, 3.8) is 0 Å². The second-order valence-corrected chi connectivity index (χ2v) is 5.87. The van der Waals surface area contributed by atoms with Crippen molar-refractivity contribution in [2.75, 3.05) is 5.73 Å². The van der Waals surface area contributed by atoms with Gasteiger partial charge < -0.3 is 10.7 Å². The first-order valence-corrected chi connectivity index (χ1v) is 7.58. The lowest BCUT2D eigenvalue weighted by Gasteiger charge is -2.08. The van der Waals surface area contributed by atoms with Gasteiger partial charge in [0.1, 0.15) is 0 Å². The highest BCUT2D eigenvalue weighted by molar-refractivity contribution is 7.98. The zero-order chi connectivity index (χ0) is 14.8. The van der Waals surface area contributed by atoms with Crippen molar-refractivity contribution in [3.8, 4) is 0 Å². The average Bonchev–Trinajstić information content (AvgIpc) is 2.48. The fourth-order valence-corrected chi connectivity index (χ4v) is 3.22. The summed E-state index contributed by atoms with van der Waals surface area (Å²) in [4.78, 5) is 19.4. The lowest BCUT2D eigenvalue weighted by Crippen LogP contribution is -2.07. The number of nitrogen functional groups attached to an aromatic ring is 1. The Labute approximate surface area is 126 Å². The van der Waals surface area contributed by atoms with E-state index < -0.39 is 0 Å². The van der Waals surface area contributed by atoms with Crippen molar-refractivity contribution in [1.82, 2.24) is 9.97 Å². The summed E-state index contributed by atoms with van der Waals surface area (Å²) in [6.45, 7) is 2.10. The van der Waals surface area contributed by atoms with Crippen LogP contribution in [-0.4, -0.2) is 9.97 Å². The summed E-state index contributed by atoms with van der Waals surface area (Å²) in [7, 11) is 0. The van der Waals surface area contributed by atoms with Crippen LogP contribution in [0.1, 0.15) is 11.1 Å². The van der Waals surface area contributed by atoms with Crippen LogP contribution in [0, 0.1) is 6.92 Å². The minimum atomic E-state index is -0.165. The second kappa shape index (κ2) is 5.61. The quantitative estimate of drug-likeness (QED) is 0.575. The lowest BCUT2D eigenvalue weighted by atomic mass is 10.1. The molecule has 0 fully saturated rings. The molecule has 0 saturated carbocycles. The largest absolute Gasteiger partial charge is 0.398 e. The molecule has 0 saturated heterocycles. The number of aromatic amines is 1. The molecular formula is C16H15N3OS. The van der Waals surface area contributed by atoms with Gasteiger partial charge in [-0.05, 0) is 30.2 Å². The van der Waals surface area contributed by atoms with E-state index in [0.29, 0.717) is 16.6 Å². The Morgan fingerprint density at radius 2 is 2.10 bits per heavy atom. The Bertz CT molecular complexity index is 858. The Balaban J connectivity index is 1.93. The van der Waals surface area contributed by atoms with Gasteiger partial charge in [-0.15, -0.1) is 11.8 Å². The predicted octanol–water partition coefficient (Wildman–Crippen LogP) is 3.11. The number of benzene rings is 2. The number of rotatable bonds is 3. The summed E-state index contributed by atoms with van der Waals surface area (Å²) in [5.41, 5.74) is 9.71. The third-order valence-electron chi connectivity index (χ3n) is 3.42. The van der Waals surface area contributed by atoms with Gasteiger partial charge in [-0.1, -0.05) is 24.3 Å². The van der Waals surface area contributed by atoms with Crippen LogP contribution in [0.15, 0.2) is 52.4 Å². The molecule has 0 unspecified atom stereocenters. The number of nitrogens with one attached hydrogen (secondary N) is 1. The van der Waals surface area contributed by atoms with Crippen LogP contribution in [0.3, 0.4) is 0 Å². The molecule has 0 radical (unpaired) electrons. The van der Waals surface area contributed by atoms with E-state index in [2.05, 4.69) is 29.0 Å². The number of aromatic nitrogens is 2. The number of nitrogens with two attached hydrogens (primary N) is 1.